The summed E-state index contributed by atoms with van der Waals surface area (Å²) in [4.78, 5) is 13.0. The molecule has 0 amide bonds. The number of nitrogens with zero attached hydrogens (tertiary/aromatic N) is 3. The van der Waals surface area contributed by atoms with E-state index in [0.717, 1.165) is 18.5 Å². The van der Waals surface area contributed by atoms with Gasteiger partial charge in [0, 0.05) is 19.4 Å². The Morgan fingerprint density at radius 2 is 2.14 bits per heavy atom. The Morgan fingerprint density at radius 3 is 2.86 bits per heavy atom. The molecule has 0 saturated carbocycles. The summed E-state index contributed by atoms with van der Waals surface area (Å²) in [6.45, 7) is 3.72. The van der Waals surface area contributed by atoms with Gasteiger partial charge in [-0.2, -0.15) is 4.98 Å². The van der Waals surface area contributed by atoms with E-state index in [1.54, 1.807) is 19.4 Å². The number of rotatable bonds is 9. The molecular formula is C16H22N4O2. The van der Waals surface area contributed by atoms with Crippen molar-refractivity contribution in [1.29, 1.82) is 0 Å². The lowest BCUT2D eigenvalue weighted by Crippen LogP contribution is -2.08. The lowest BCUT2D eigenvalue weighted by molar-refractivity contribution is 0.176. The van der Waals surface area contributed by atoms with E-state index in [1.807, 2.05) is 18.2 Å². The van der Waals surface area contributed by atoms with Crippen LogP contribution < -0.4 is 10.1 Å². The van der Waals surface area contributed by atoms with Crippen molar-refractivity contribution in [2.45, 2.75) is 32.9 Å². The highest BCUT2D eigenvalue weighted by Gasteiger charge is 2.06. The molecule has 0 unspecified atom stereocenters. The summed E-state index contributed by atoms with van der Waals surface area (Å²) in [5.41, 5.74) is 0.947. The largest absolute Gasteiger partial charge is 0.478 e. The van der Waals surface area contributed by atoms with Crippen LogP contribution in [0.15, 0.2) is 30.5 Å². The van der Waals surface area contributed by atoms with Crippen molar-refractivity contribution < 1.29 is 9.47 Å². The fraction of sp³-hybridized carbons (Fsp3) is 0.438. The summed E-state index contributed by atoms with van der Waals surface area (Å²) >= 11 is 0. The van der Waals surface area contributed by atoms with Gasteiger partial charge < -0.3 is 14.8 Å². The first-order valence-electron chi connectivity index (χ1n) is 7.45. The molecule has 22 heavy (non-hydrogen) atoms. The fourth-order valence-corrected chi connectivity index (χ4v) is 1.84. The second-order valence-corrected chi connectivity index (χ2v) is 4.82. The van der Waals surface area contributed by atoms with E-state index in [9.17, 15) is 0 Å². The van der Waals surface area contributed by atoms with Crippen LogP contribution in [0.25, 0.3) is 0 Å². The average Bonchev–Trinajstić information content (AvgIpc) is 2.54. The molecular weight excluding hydrogens is 280 g/mol. The highest BCUT2D eigenvalue weighted by atomic mass is 16.5. The zero-order valence-corrected chi connectivity index (χ0v) is 13.1. The molecule has 0 aliphatic heterocycles. The van der Waals surface area contributed by atoms with Crippen LogP contribution in [0.3, 0.4) is 0 Å². The molecule has 0 radical (unpaired) electrons. The van der Waals surface area contributed by atoms with Crippen molar-refractivity contribution in [1.82, 2.24) is 15.0 Å². The second kappa shape index (κ2) is 8.94. The molecule has 0 spiro atoms. The minimum atomic E-state index is 0.350. The van der Waals surface area contributed by atoms with Crippen LogP contribution in [0.5, 0.6) is 5.88 Å². The van der Waals surface area contributed by atoms with Gasteiger partial charge in [-0.1, -0.05) is 19.4 Å². The Kier molecular flexibility index (Phi) is 6.57. The standard InChI is InChI=1S/C16H22N4O2/c1-3-4-9-22-16-10-14(19-15(20-16)12-21-2)18-11-13-7-5-6-8-17-13/h5-8,10H,3-4,9,11-12H2,1-2H3,(H,18,19,20). The van der Waals surface area contributed by atoms with Gasteiger partial charge in [0.2, 0.25) is 5.88 Å². The zero-order valence-electron chi connectivity index (χ0n) is 13.1. The lowest BCUT2D eigenvalue weighted by atomic mass is 10.3. The molecule has 0 aliphatic carbocycles. The Hall–Kier alpha value is -2.21. The zero-order chi connectivity index (χ0) is 15.6. The average molecular weight is 302 g/mol. The molecule has 0 saturated heterocycles. The van der Waals surface area contributed by atoms with Crippen LogP contribution in [-0.2, 0) is 17.9 Å². The van der Waals surface area contributed by atoms with Gasteiger partial charge in [0.25, 0.3) is 0 Å². The van der Waals surface area contributed by atoms with Gasteiger partial charge in [-0.05, 0) is 18.6 Å². The third kappa shape index (κ3) is 5.29. The van der Waals surface area contributed by atoms with E-state index >= 15 is 0 Å². The van der Waals surface area contributed by atoms with E-state index in [-0.39, 0.29) is 0 Å². The van der Waals surface area contributed by atoms with Crippen molar-refractivity contribution in [3.8, 4) is 5.88 Å². The Labute approximate surface area is 130 Å². The maximum absolute atomic E-state index is 5.66. The maximum atomic E-state index is 5.66. The summed E-state index contributed by atoms with van der Waals surface area (Å²) in [6.07, 6.45) is 3.85. The number of anilines is 1. The minimum Gasteiger partial charge on any atom is -0.478 e. The van der Waals surface area contributed by atoms with Crippen molar-refractivity contribution in [3.63, 3.8) is 0 Å². The van der Waals surface area contributed by atoms with Crippen LogP contribution in [-0.4, -0.2) is 28.7 Å². The number of pyridine rings is 1. The summed E-state index contributed by atoms with van der Waals surface area (Å²) < 4.78 is 10.8. The molecule has 1 N–H and O–H groups in total. The first-order valence-corrected chi connectivity index (χ1v) is 7.45. The molecule has 118 valence electrons. The highest BCUT2D eigenvalue weighted by Crippen LogP contribution is 2.15. The monoisotopic (exact) mass is 302 g/mol. The molecule has 0 aliphatic rings. The van der Waals surface area contributed by atoms with Crippen LogP contribution in [0, 0.1) is 0 Å². The Balaban J connectivity index is 2.04. The van der Waals surface area contributed by atoms with E-state index in [1.165, 1.54) is 0 Å². The fourth-order valence-electron chi connectivity index (χ4n) is 1.84. The van der Waals surface area contributed by atoms with Gasteiger partial charge in [0.15, 0.2) is 5.82 Å². The SMILES string of the molecule is CCCCOc1cc(NCc2ccccn2)nc(COC)n1. The molecule has 2 rings (SSSR count). The normalized spacial score (nSPS) is 10.5. The van der Waals surface area contributed by atoms with E-state index in [0.29, 0.717) is 37.3 Å². The number of methoxy groups -OCH3 is 1. The van der Waals surface area contributed by atoms with Gasteiger partial charge >= 0.3 is 0 Å². The van der Waals surface area contributed by atoms with Gasteiger partial charge in [0.1, 0.15) is 12.4 Å². The molecule has 2 heterocycles. The molecule has 6 heteroatoms. The Bertz CT molecular complexity index is 563. The third-order valence-electron chi connectivity index (χ3n) is 2.95. The van der Waals surface area contributed by atoms with Gasteiger partial charge in [-0.3, -0.25) is 4.98 Å². The number of ether oxygens (including phenoxy) is 2. The van der Waals surface area contributed by atoms with E-state index in [4.69, 9.17) is 9.47 Å². The predicted octanol–water partition coefficient (Wildman–Crippen LogP) is 2.81. The topological polar surface area (TPSA) is 69.2 Å². The van der Waals surface area contributed by atoms with E-state index < -0.39 is 0 Å². The van der Waals surface area contributed by atoms with Gasteiger partial charge in [-0.15, -0.1) is 0 Å². The highest BCUT2D eigenvalue weighted by molar-refractivity contribution is 5.38. The molecule has 0 aromatic carbocycles. The van der Waals surface area contributed by atoms with Gasteiger partial charge in [0.05, 0.1) is 18.8 Å². The quantitative estimate of drug-likeness (QED) is 0.718. The van der Waals surface area contributed by atoms with Crippen molar-refractivity contribution in [3.05, 3.63) is 42.0 Å². The minimum absolute atomic E-state index is 0.350. The number of hydrogen-bond donors (Lipinski definition) is 1. The molecule has 0 fully saturated rings. The second-order valence-electron chi connectivity index (χ2n) is 4.82. The number of unbranched alkanes of at least 4 members (excludes halogenated alkanes) is 1. The number of nitrogens with one attached hydrogen (secondary N) is 1. The van der Waals surface area contributed by atoms with Gasteiger partial charge in [-0.25, -0.2) is 4.98 Å². The molecule has 2 aromatic heterocycles. The van der Waals surface area contributed by atoms with Crippen LogP contribution in [0.1, 0.15) is 31.3 Å². The lowest BCUT2D eigenvalue weighted by Gasteiger charge is -2.10. The summed E-state index contributed by atoms with van der Waals surface area (Å²) in [5, 5.41) is 3.24. The van der Waals surface area contributed by atoms with Crippen LogP contribution >= 0.6 is 0 Å². The molecule has 0 atom stereocenters. The van der Waals surface area contributed by atoms with Crippen molar-refractivity contribution >= 4 is 5.82 Å². The summed E-state index contributed by atoms with van der Waals surface area (Å²) in [7, 11) is 1.62. The summed E-state index contributed by atoms with van der Waals surface area (Å²) in [6, 6.07) is 7.62. The first kappa shape index (κ1) is 16.2. The smallest absolute Gasteiger partial charge is 0.218 e. The predicted molar refractivity (Wildman–Crippen MR) is 84.7 cm³/mol. The van der Waals surface area contributed by atoms with Crippen molar-refractivity contribution in [2.75, 3.05) is 19.0 Å². The number of hydrogen-bond acceptors (Lipinski definition) is 6. The van der Waals surface area contributed by atoms with Crippen LogP contribution in [0.2, 0.25) is 0 Å². The summed E-state index contributed by atoms with van der Waals surface area (Å²) in [5.74, 6) is 1.87. The number of aromatic nitrogens is 3. The Morgan fingerprint density at radius 1 is 1.23 bits per heavy atom. The van der Waals surface area contributed by atoms with Crippen molar-refractivity contribution in [2.24, 2.45) is 0 Å². The van der Waals surface area contributed by atoms with E-state index in [2.05, 4.69) is 27.2 Å². The first-order chi connectivity index (χ1) is 10.8. The maximum Gasteiger partial charge on any atom is 0.218 e. The van der Waals surface area contributed by atoms with Crippen LogP contribution in [0.4, 0.5) is 5.82 Å². The third-order valence-corrected chi connectivity index (χ3v) is 2.95. The molecule has 6 nitrogen and oxygen atoms in total. The molecule has 0 bridgehead atoms. The molecule has 2 aromatic rings.